The molecular formula is C54H76N14O17S. The lowest BCUT2D eigenvalue weighted by Gasteiger charge is -2.37. The van der Waals surface area contributed by atoms with Gasteiger partial charge in [0, 0.05) is 54.5 Å². The minimum atomic E-state index is -1.95. The Balaban J connectivity index is 1.51. The summed E-state index contributed by atoms with van der Waals surface area (Å²) in [7, 11) is 0. The summed E-state index contributed by atoms with van der Waals surface area (Å²) in [5.74, 6) is -14.7. The van der Waals surface area contributed by atoms with Crippen LogP contribution in [0.2, 0.25) is 0 Å². The number of nitrogens with zero attached hydrogens (tertiary/aromatic N) is 2. The zero-order chi connectivity index (χ0) is 64.0. The van der Waals surface area contributed by atoms with Crippen LogP contribution in [0, 0.1) is 10.8 Å². The number of carboxylic acid groups (broad SMARTS) is 4. The minimum absolute atomic E-state index is 0.0276. The van der Waals surface area contributed by atoms with E-state index in [0.29, 0.717) is 5.69 Å². The van der Waals surface area contributed by atoms with Crippen molar-refractivity contribution in [1.82, 2.24) is 42.5 Å². The van der Waals surface area contributed by atoms with E-state index < -0.39 is 163 Å². The Labute approximate surface area is 499 Å². The molecule has 0 saturated heterocycles. The van der Waals surface area contributed by atoms with E-state index in [2.05, 4.69) is 54.7 Å². The third-order valence-electron chi connectivity index (χ3n) is 13.8. The molecular weight excluding hydrogens is 1150 g/mol. The number of anilines is 3. The number of aliphatic carboxylic acids is 4. The van der Waals surface area contributed by atoms with Gasteiger partial charge in [-0.25, -0.2) is 9.59 Å². The SMILES string of the molecule is CC(C)(C)C(=O)CN1C(=O)[C@H](NC(=O)Nc2cccc(C(=O)N[C@@H](CCC(=O)O)C(=O)N[C@@H](CCCNC(=N)N)C(=O)N[C@H](CC(=O)O)C(=O)NC[C@H](N)C(=O)N[C@@H](CC(=O)O)C(=O)N[C@@H](CS)C(=O)O)c2)CN(C2CCCCC2)c2ccccc21. The summed E-state index contributed by atoms with van der Waals surface area (Å²) in [4.78, 5) is 173. The second kappa shape index (κ2) is 32.8. The summed E-state index contributed by atoms with van der Waals surface area (Å²) < 4.78 is 0. The van der Waals surface area contributed by atoms with Crippen molar-refractivity contribution in [3.8, 4) is 0 Å². The molecule has 0 bridgehead atoms. The Hall–Kier alpha value is -9.07. The van der Waals surface area contributed by atoms with Crippen LogP contribution in [0.3, 0.4) is 0 Å². The van der Waals surface area contributed by atoms with E-state index in [1.165, 1.54) is 29.2 Å². The number of ketones is 1. The third-order valence-corrected chi connectivity index (χ3v) is 14.2. The molecule has 18 N–H and O–H groups in total. The number of thiol groups is 1. The maximum absolute atomic E-state index is 14.5. The Kier molecular flexibility index (Phi) is 26.5. The number of nitrogens with two attached hydrogens (primary N) is 2. The van der Waals surface area contributed by atoms with Gasteiger partial charge in [0.25, 0.3) is 11.8 Å². The number of amides is 9. The Morgan fingerprint density at radius 2 is 1.27 bits per heavy atom. The zero-order valence-electron chi connectivity index (χ0n) is 47.6. The summed E-state index contributed by atoms with van der Waals surface area (Å²) in [6.45, 7) is 4.20. The van der Waals surface area contributed by atoms with Crippen LogP contribution in [0.25, 0.3) is 0 Å². The number of rotatable bonds is 31. The fourth-order valence-corrected chi connectivity index (χ4v) is 9.37. The van der Waals surface area contributed by atoms with Crippen molar-refractivity contribution >= 4 is 113 Å². The fraction of sp³-hybridized carbons (Fsp3) is 0.519. The highest BCUT2D eigenvalue weighted by Gasteiger charge is 2.40. The lowest BCUT2D eigenvalue weighted by Crippen LogP contribution is -2.59. The Morgan fingerprint density at radius 3 is 1.85 bits per heavy atom. The molecule has 1 aliphatic carbocycles. The van der Waals surface area contributed by atoms with Gasteiger partial charge in [-0.15, -0.1) is 0 Å². The van der Waals surface area contributed by atoms with Crippen molar-refractivity contribution < 1.29 is 82.8 Å². The van der Waals surface area contributed by atoms with Gasteiger partial charge in [-0.1, -0.05) is 58.2 Å². The van der Waals surface area contributed by atoms with E-state index in [-0.39, 0.29) is 55.6 Å². The number of hydrogen-bond donors (Lipinski definition) is 17. The number of carbonyl (C=O) groups excluding carboxylic acids is 9. The minimum Gasteiger partial charge on any atom is -0.481 e. The first-order chi connectivity index (χ1) is 40.5. The van der Waals surface area contributed by atoms with Crippen molar-refractivity contribution in [1.29, 1.82) is 5.41 Å². The molecule has 2 aliphatic rings. The molecule has 2 aromatic rings. The molecule has 31 nitrogen and oxygen atoms in total. The number of benzene rings is 2. The Bertz CT molecular complexity index is 2860. The van der Waals surface area contributed by atoms with Crippen molar-refractivity contribution in [3.63, 3.8) is 0 Å². The van der Waals surface area contributed by atoms with Crippen LogP contribution >= 0.6 is 12.6 Å². The fourth-order valence-electron chi connectivity index (χ4n) is 9.12. The molecule has 1 aliphatic heterocycles. The molecule has 7 atom stereocenters. The van der Waals surface area contributed by atoms with Crippen molar-refractivity contribution in [2.45, 2.75) is 140 Å². The third kappa shape index (κ3) is 21.8. The predicted molar refractivity (Wildman–Crippen MR) is 312 cm³/mol. The molecule has 0 radical (unpaired) electrons. The summed E-state index contributed by atoms with van der Waals surface area (Å²) in [6, 6.07) is 0.186. The second-order valence-electron chi connectivity index (χ2n) is 21.5. The lowest BCUT2D eigenvalue weighted by atomic mass is 9.90. The first-order valence-corrected chi connectivity index (χ1v) is 28.1. The molecule has 470 valence electrons. The monoisotopic (exact) mass is 1220 g/mol. The number of nitrogens with one attached hydrogen (secondary N) is 10. The normalized spacial score (nSPS) is 16.3. The van der Waals surface area contributed by atoms with Crippen LogP contribution in [0.15, 0.2) is 48.5 Å². The number of urea groups is 1. The van der Waals surface area contributed by atoms with E-state index in [0.717, 1.165) is 37.8 Å². The van der Waals surface area contributed by atoms with Crippen molar-refractivity contribution in [2.75, 3.05) is 47.0 Å². The summed E-state index contributed by atoms with van der Waals surface area (Å²) in [5, 5.41) is 66.5. The van der Waals surface area contributed by atoms with Crippen LogP contribution in [-0.2, 0) is 52.7 Å². The molecule has 32 heteroatoms. The number of hydrogen-bond acceptors (Lipinski definition) is 17. The van der Waals surface area contributed by atoms with Gasteiger partial charge in [0.05, 0.1) is 30.8 Å². The van der Waals surface area contributed by atoms with E-state index in [9.17, 15) is 82.8 Å². The predicted octanol–water partition coefficient (Wildman–Crippen LogP) is -1.45. The smallest absolute Gasteiger partial charge is 0.327 e. The van der Waals surface area contributed by atoms with Crippen LogP contribution in [0.5, 0.6) is 0 Å². The molecule has 0 aromatic heterocycles. The molecule has 9 amide bonds. The standard InChI is InChI=1S/C54H76N14O17S/c1-54(2,3)40(69)26-68-39-17-8-7-16-38(39)67(30-13-5-4-6-14-30)25-36(50(68)82)66-53(85)60-29-12-9-11-28(21-29)44(76)61-33(18-19-41(70)71)48(80)62-32(15-10-20-58-52(56)57)47(79)64-34(22-42(72)73)46(78)59-24-31(55)45(77)63-35(23-43(74)75)49(81)65-37(27-86)51(83)84/h7-9,11-12,16-17,21,30-37,86H,4-6,10,13-15,18-20,22-27,55H2,1-3H3,(H,59,78)(H,61,76)(H,62,80)(H,63,77)(H,64,79)(H,65,81)(H,70,71)(H,72,73)(H,74,75)(H,83,84)(H4,56,57,58)(H2,60,66,85)/t31-,32-,33-,34+,35-,36+,37-/m0/s1. The molecule has 4 rings (SSSR count). The topological polar surface area (TPSA) is 493 Å². The zero-order valence-corrected chi connectivity index (χ0v) is 48.5. The maximum Gasteiger partial charge on any atom is 0.327 e. The molecule has 0 unspecified atom stereocenters. The van der Waals surface area contributed by atoms with Gasteiger partial charge in [-0.3, -0.25) is 58.1 Å². The summed E-state index contributed by atoms with van der Waals surface area (Å²) in [5.41, 5.74) is 11.6. The number of guanidine groups is 1. The molecule has 1 heterocycles. The highest BCUT2D eigenvalue weighted by Crippen LogP contribution is 2.37. The molecule has 86 heavy (non-hydrogen) atoms. The first kappa shape index (κ1) is 69.4. The van der Waals surface area contributed by atoms with E-state index in [1.807, 2.05) is 22.8 Å². The molecule has 1 saturated carbocycles. The van der Waals surface area contributed by atoms with E-state index in [1.54, 1.807) is 32.9 Å². The van der Waals surface area contributed by atoms with Gasteiger partial charge in [0.2, 0.25) is 29.5 Å². The van der Waals surface area contributed by atoms with E-state index in [4.69, 9.17) is 16.9 Å². The average Bonchev–Trinajstić information content (AvgIpc) is 2.85. The largest absolute Gasteiger partial charge is 0.481 e. The van der Waals surface area contributed by atoms with Gasteiger partial charge < -0.3 is 89.5 Å². The van der Waals surface area contributed by atoms with Crippen molar-refractivity contribution in [3.05, 3.63) is 54.1 Å². The number of fused-ring (bicyclic) bond motifs is 1. The number of para-hydroxylation sites is 2. The van der Waals surface area contributed by atoms with Gasteiger partial charge in [-0.05, 0) is 62.4 Å². The first-order valence-electron chi connectivity index (χ1n) is 27.5. The average molecular weight is 1230 g/mol. The van der Waals surface area contributed by atoms with Gasteiger partial charge in [0.1, 0.15) is 42.3 Å². The van der Waals surface area contributed by atoms with Gasteiger partial charge in [0.15, 0.2) is 11.7 Å². The lowest BCUT2D eigenvalue weighted by molar-refractivity contribution is -0.143. The maximum atomic E-state index is 14.5. The summed E-state index contributed by atoms with van der Waals surface area (Å²) >= 11 is 3.81. The summed E-state index contributed by atoms with van der Waals surface area (Å²) in [6.07, 6.45) is 0.967. The van der Waals surface area contributed by atoms with Crippen LogP contribution in [0.1, 0.15) is 102 Å². The quantitative estimate of drug-likeness (QED) is 0.0178. The van der Waals surface area contributed by atoms with Crippen LogP contribution in [-0.4, -0.2) is 184 Å². The van der Waals surface area contributed by atoms with Crippen LogP contribution < -0.4 is 69.1 Å². The number of carbonyl (C=O) groups is 13. The highest BCUT2D eigenvalue weighted by molar-refractivity contribution is 7.80. The second-order valence-corrected chi connectivity index (χ2v) is 21.9. The molecule has 2 aromatic carbocycles. The van der Waals surface area contributed by atoms with E-state index >= 15 is 0 Å². The molecule has 0 spiro atoms. The number of Topliss-reactive ketones (excluding diaryl/α,β-unsaturated/α-hetero) is 1. The van der Waals surface area contributed by atoms with Crippen molar-refractivity contribution in [2.24, 2.45) is 16.9 Å². The highest BCUT2D eigenvalue weighted by atomic mass is 32.1. The van der Waals surface area contributed by atoms with Gasteiger partial charge in [-0.2, -0.15) is 12.6 Å². The van der Waals surface area contributed by atoms with Gasteiger partial charge >= 0.3 is 29.9 Å². The number of carboxylic acids is 4. The van der Waals surface area contributed by atoms with Crippen LogP contribution in [0.4, 0.5) is 21.9 Å². The molecule has 1 fully saturated rings. The Morgan fingerprint density at radius 1 is 0.698 bits per heavy atom.